The average molecular weight is 665 g/mol. The van der Waals surface area contributed by atoms with E-state index in [9.17, 15) is 15.0 Å². The van der Waals surface area contributed by atoms with Crippen LogP contribution in [-0.2, 0) is 35.6 Å². The summed E-state index contributed by atoms with van der Waals surface area (Å²) < 4.78 is 21.0. The Bertz CT molecular complexity index is 1690. The normalized spacial score (nSPS) is 9.92. The van der Waals surface area contributed by atoms with Crippen molar-refractivity contribution in [3.8, 4) is 34.5 Å². The minimum Gasteiger partial charge on any atom is -0.508 e. The first-order chi connectivity index (χ1) is 23.8. The van der Waals surface area contributed by atoms with Gasteiger partial charge in [0.1, 0.15) is 47.7 Å². The topological polar surface area (TPSA) is 115 Å². The molecule has 0 bridgehead atoms. The molecule has 0 spiro atoms. The number of phenols is 3. The fraction of sp³-hybridized carbons (Fsp3) is 0.195. The molecule has 49 heavy (non-hydrogen) atoms. The highest BCUT2D eigenvalue weighted by atomic mass is 16.6. The molecule has 5 rings (SSSR count). The van der Waals surface area contributed by atoms with Crippen molar-refractivity contribution in [3.63, 3.8) is 0 Å². The van der Waals surface area contributed by atoms with Crippen LogP contribution in [0.5, 0.6) is 34.5 Å². The number of hydrogen-bond donors (Lipinski definition) is 3. The van der Waals surface area contributed by atoms with Crippen molar-refractivity contribution < 1.29 is 39.1 Å². The number of rotatable bonds is 13. The van der Waals surface area contributed by atoms with Gasteiger partial charge < -0.3 is 34.3 Å². The third kappa shape index (κ3) is 14.2. The summed E-state index contributed by atoms with van der Waals surface area (Å²) in [5, 5.41) is 28.1. The van der Waals surface area contributed by atoms with Gasteiger partial charge >= 0.3 is 5.97 Å². The zero-order chi connectivity index (χ0) is 35.3. The zero-order valence-corrected chi connectivity index (χ0v) is 28.0. The van der Waals surface area contributed by atoms with Crippen LogP contribution in [0.2, 0.25) is 0 Å². The van der Waals surface area contributed by atoms with Crippen molar-refractivity contribution >= 4 is 5.97 Å². The summed E-state index contributed by atoms with van der Waals surface area (Å²) in [7, 11) is 1.31. The Labute approximate surface area is 288 Å². The molecule has 8 heteroatoms. The number of ether oxygens (including phenoxy) is 4. The van der Waals surface area contributed by atoms with Gasteiger partial charge in [0.15, 0.2) is 6.61 Å². The van der Waals surface area contributed by atoms with E-state index in [1.54, 1.807) is 54.6 Å². The number of esters is 1. The highest BCUT2D eigenvalue weighted by Gasteiger charge is 2.07. The van der Waals surface area contributed by atoms with Gasteiger partial charge in [-0.25, -0.2) is 4.79 Å². The Hall–Kier alpha value is -5.89. The van der Waals surface area contributed by atoms with Crippen LogP contribution in [0.15, 0.2) is 134 Å². The maximum Gasteiger partial charge on any atom is 0.343 e. The molecular weight excluding hydrogens is 620 g/mol. The average Bonchev–Trinajstić information content (AvgIpc) is 3.13. The zero-order valence-electron chi connectivity index (χ0n) is 28.0. The van der Waals surface area contributed by atoms with E-state index in [0.29, 0.717) is 25.4 Å². The predicted molar refractivity (Wildman–Crippen MR) is 191 cm³/mol. The molecule has 0 atom stereocenters. The van der Waals surface area contributed by atoms with Crippen molar-refractivity contribution in [2.45, 2.75) is 39.4 Å². The number of benzene rings is 5. The van der Waals surface area contributed by atoms with Crippen LogP contribution >= 0.6 is 0 Å². The van der Waals surface area contributed by atoms with Gasteiger partial charge in [-0.15, -0.1) is 6.58 Å². The summed E-state index contributed by atoms with van der Waals surface area (Å²) in [5.41, 5.74) is 3.98. The lowest BCUT2D eigenvalue weighted by Gasteiger charge is -2.10. The molecule has 0 radical (unpaired) electrons. The van der Waals surface area contributed by atoms with E-state index in [1.165, 1.54) is 13.2 Å². The molecule has 5 aromatic carbocycles. The summed E-state index contributed by atoms with van der Waals surface area (Å²) >= 11 is 0. The summed E-state index contributed by atoms with van der Waals surface area (Å²) in [6.07, 6.45) is 4.13. The number of aryl methyl sites for hydroxylation is 1. The molecule has 0 aliphatic carbocycles. The molecule has 0 amide bonds. The number of phenolic OH excluding ortho intramolecular Hbond substituents is 3. The molecule has 0 heterocycles. The predicted octanol–water partition coefficient (Wildman–Crippen LogP) is 8.57. The molecule has 0 aliphatic heterocycles. The molecule has 0 saturated carbocycles. The van der Waals surface area contributed by atoms with Gasteiger partial charge in [-0.1, -0.05) is 80.1 Å². The van der Waals surface area contributed by atoms with E-state index in [4.69, 9.17) is 19.3 Å². The van der Waals surface area contributed by atoms with E-state index >= 15 is 0 Å². The second kappa shape index (κ2) is 21.1. The summed E-state index contributed by atoms with van der Waals surface area (Å²) in [5.74, 6) is 2.45. The smallest absolute Gasteiger partial charge is 0.343 e. The number of carbonyl (C=O) groups is 1. The van der Waals surface area contributed by atoms with Gasteiger partial charge in [0.05, 0.1) is 7.11 Å². The largest absolute Gasteiger partial charge is 0.508 e. The fourth-order valence-corrected chi connectivity index (χ4v) is 4.36. The SMILES string of the molecule is C=CCc1cc(OCc2ccccc2)ccc1O.CCCc1cc(O)ccc1OCC(=O)OC.Oc1ccc(OCc2ccccc2)cc1. The van der Waals surface area contributed by atoms with E-state index < -0.39 is 5.97 Å². The molecule has 0 fully saturated rings. The van der Waals surface area contributed by atoms with Crippen molar-refractivity contribution in [1.82, 2.24) is 0 Å². The van der Waals surface area contributed by atoms with Gasteiger partial charge in [-0.2, -0.15) is 0 Å². The Morgan fingerprint density at radius 2 is 1.24 bits per heavy atom. The monoisotopic (exact) mass is 664 g/mol. The van der Waals surface area contributed by atoms with Crippen LogP contribution in [0.1, 0.15) is 35.6 Å². The molecule has 256 valence electrons. The lowest BCUT2D eigenvalue weighted by Crippen LogP contribution is -2.13. The lowest BCUT2D eigenvalue weighted by atomic mass is 10.1. The Morgan fingerprint density at radius 3 is 1.82 bits per heavy atom. The minimum absolute atomic E-state index is 0.113. The van der Waals surface area contributed by atoms with Gasteiger partial charge in [0, 0.05) is 5.56 Å². The maximum absolute atomic E-state index is 10.9. The van der Waals surface area contributed by atoms with Crippen LogP contribution in [0.25, 0.3) is 0 Å². The van der Waals surface area contributed by atoms with Gasteiger partial charge in [-0.05, 0) is 90.2 Å². The van der Waals surface area contributed by atoms with Crippen LogP contribution in [0.3, 0.4) is 0 Å². The van der Waals surface area contributed by atoms with E-state index in [1.807, 2.05) is 73.7 Å². The quantitative estimate of drug-likeness (QED) is 0.0847. The minimum atomic E-state index is -0.421. The van der Waals surface area contributed by atoms with Gasteiger partial charge in [0.25, 0.3) is 0 Å². The summed E-state index contributed by atoms with van der Waals surface area (Å²) in [4.78, 5) is 10.9. The second-order valence-electron chi connectivity index (χ2n) is 10.7. The number of carbonyl (C=O) groups excluding carboxylic acids is 1. The molecule has 8 nitrogen and oxygen atoms in total. The van der Waals surface area contributed by atoms with E-state index in [0.717, 1.165) is 46.6 Å². The first kappa shape index (κ1) is 37.6. The number of aromatic hydroxyl groups is 3. The third-order valence-electron chi connectivity index (χ3n) is 6.89. The molecule has 0 unspecified atom stereocenters. The van der Waals surface area contributed by atoms with Crippen molar-refractivity contribution in [3.05, 3.63) is 156 Å². The first-order valence-electron chi connectivity index (χ1n) is 15.9. The molecule has 0 aliphatic rings. The van der Waals surface area contributed by atoms with Crippen LogP contribution in [0.4, 0.5) is 0 Å². The van der Waals surface area contributed by atoms with E-state index in [2.05, 4.69) is 11.3 Å². The molecular formula is C41H44O8. The molecule has 0 saturated heterocycles. The molecule has 0 aromatic heterocycles. The standard InChI is InChI=1S/C16H16O2.C13H12O2.C12H16O4/c1-2-6-14-11-15(9-10-16(14)17)18-12-13-7-4-3-5-8-13;14-12-6-8-13(9-7-12)15-10-11-4-2-1-3-5-11;1-3-4-9-7-10(13)5-6-11(9)16-8-12(14)15-2/h2-5,7-11,17H,1,6,12H2;1-9,14H,10H2;5-7,13H,3-4,8H2,1-2H3. The number of allylic oxidation sites excluding steroid dienone is 1. The second-order valence-corrected chi connectivity index (χ2v) is 10.7. The molecule has 5 aromatic rings. The van der Waals surface area contributed by atoms with Gasteiger partial charge in [0.2, 0.25) is 0 Å². The van der Waals surface area contributed by atoms with Crippen molar-refractivity contribution in [2.24, 2.45) is 0 Å². The van der Waals surface area contributed by atoms with Crippen LogP contribution in [-0.4, -0.2) is 35.0 Å². The highest BCUT2D eigenvalue weighted by molar-refractivity contribution is 5.71. The van der Waals surface area contributed by atoms with Gasteiger partial charge in [-0.3, -0.25) is 0 Å². The Kier molecular flexibility index (Phi) is 16.2. The first-order valence-corrected chi connectivity index (χ1v) is 15.9. The third-order valence-corrected chi connectivity index (χ3v) is 6.89. The van der Waals surface area contributed by atoms with Crippen LogP contribution < -0.4 is 14.2 Å². The lowest BCUT2D eigenvalue weighted by molar-refractivity contribution is -0.142. The number of methoxy groups -OCH3 is 1. The van der Waals surface area contributed by atoms with Crippen molar-refractivity contribution in [2.75, 3.05) is 13.7 Å². The maximum atomic E-state index is 10.9. The Morgan fingerprint density at radius 1 is 0.673 bits per heavy atom. The fourth-order valence-electron chi connectivity index (χ4n) is 4.36. The summed E-state index contributed by atoms with van der Waals surface area (Å²) in [6.45, 7) is 6.67. The number of hydrogen-bond acceptors (Lipinski definition) is 8. The summed E-state index contributed by atoms with van der Waals surface area (Å²) in [6, 6.07) is 36.8. The highest BCUT2D eigenvalue weighted by Crippen LogP contribution is 2.26. The van der Waals surface area contributed by atoms with E-state index in [-0.39, 0.29) is 23.9 Å². The van der Waals surface area contributed by atoms with Crippen LogP contribution in [0, 0.1) is 0 Å². The molecule has 3 N–H and O–H groups in total. The Balaban J connectivity index is 0.000000200. The van der Waals surface area contributed by atoms with Crippen molar-refractivity contribution in [1.29, 1.82) is 0 Å².